The molecule has 0 heterocycles. The van der Waals surface area contributed by atoms with Crippen molar-refractivity contribution in [2.75, 3.05) is 13.2 Å². The van der Waals surface area contributed by atoms with Gasteiger partial charge in [0, 0.05) is 6.42 Å². The van der Waals surface area contributed by atoms with Crippen molar-refractivity contribution in [2.45, 2.75) is 62.9 Å². The number of aliphatic hydroxyl groups excluding tert-OH is 2. The predicted octanol–water partition coefficient (Wildman–Crippen LogP) is -2.70. The number of phenols is 1. The predicted molar refractivity (Wildman–Crippen MR) is 125 cm³/mol. The minimum atomic E-state index is -1.59. The maximum absolute atomic E-state index is 13.1. The number of benzene rings is 1. The first-order valence-corrected chi connectivity index (χ1v) is 11.2. The quantitative estimate of drug-likeness (QED) is 0.114. The molecule has 0 radical (unpaired) electrons. The molecule has 0 fully saturated rings. The second-order valence-electron chi connectivity index (χ2n) is 8.13. The normalized spacial score (nSPS) is 15.2. The van der Waals surface area contributed by atoms with Crippen LogP contribution in [0.5, 0.6) is 5.75 Å². The Morgan fingerprint density at radius 1 is 0.943 bits per heavy atom. The lowest BCUT2D eigenvalue weighted by molar-refractivity contribution is -0.145. The smallest absolute Gasteiger partial charge is 0.328 e. The van der Waals surface area contributed by atoms with E-state index in [-0.39, 0.29) is 18.6 Å². The van der Waals surface area contributed by atoms with E-state index in [1.807, 2.05) is 0 Å². The molecule has 1 rings (SSSR count). The van der Waals surface area contributed by atoms with Crippen molar-refractivity contribution in [3.05, 3.63) is 29.8 Å². The number of aliphatic hydroxyl groups is 2. The maximum Gasteiger partial charge on any atom is 0.328 e. The third-order valence-electron chi connectivity index (χ3n) is 5.17. The molecule has 0 saturated heterocycles. The first-order valence-electron chi connectivity index (χ1n) is 11.2. The van der Waals surface area contributed by atoms with Crippen LogP contribution in [0, 0.1) is 0 Å². The summed E-state index contributed by atoms with van der Waals surface area (Å²) in [6.45, 7) is 0.889. The van der Waals surface area contributed by atoms with Crippen molar-refractivity contribution in [3.8, 4) is 5.75 Å². The summed E-state index contributed by atoms with van der Waals surface area (Å²) in [5.41, 5.74) is 11.6. The number of aromatic hydroxyl groups is 1. The number of carboxylic acids is 1. The Morgan fingerprint density at radius 2 is 1.51 bits per heavy atom. The molecule has 1 aromatic rings. The molecule has 1 aromatic carbocycles. The van der Waals surface area contributed by atoms with Crippen LogP contribution in [0.4, 0.5) is 0 Å². The van der Waals surface area contributed by atoms with Gasteiger partial charge in [-0.15, -0.1) is 0 Å². The molecule has 5 unspecified atom stereocenters. The number of hydrogen-bond donors (Lipinski definition) is 9. The van der Waals surface area contributed by atoms with Gasteiger partial charge in [-0.3, -0.25) is 14.4 Å². The molecule has 11 N–H and O–H groups in total. The van der Waals surface area contributed by atoms with E-state index in [4.69, 9.17) is 16.6 Å². The SMILES string of the molecule is CC(O)C(NC(=O)C(CCCCN)NC(=O)C(Cc1ccc(O)cc1)NC(=O)C(N)CO)C(=O)O. The van der Waals surface area contributed by atoms with E-state index in [1.54, 1.807) is 12.1 Å². The van der Waals surface area contributed by atoms with Gasteiger partial charge in [0.2, 0.25) is 17.7 Å². The summed E-state index contributed by atoms with van der Waals surface area (Å²) in [7, 11) is 0. The van der Waals surface area contributed by atoms with Crippen LogP contribution in [0.25, 0.3) is 0 Å². The Labute approximate surface area is 202 Å². The van der Waals surface area contributed by atoms with Gasteiger partial charge in [0.15, 0.2) is 6.04 Å². The van der Waals surface area contributed by atoms with Crippen molar-refractivity contribution in [3.63, 3.8) is 0 Å². The molecule has 13 nitrogen and oxygen atoms in total. The van der Waals surface area contributed by atoms with Gasteiger partial charge >= 0.3 is 5.97 Å². The molecule has 35 heavy (non-hydrogen) atoms. The zero-order chi connectivity index (χ0) is 26.5. The summed E-state index contributed by atoms with van der Waals surface area (Å²) >= 11 is 0. The highest BCUT2D eigenvalue weighted by atomic mass is 16.4. The van der Waals surface area contributed by atoms with E-state index in [2.05, 4.69) is 16.0 Å². The standard InChI is InChI=1S/C22H35N5O8/c1-12(29)18(22(34)35)27-20(32)16(4-2-3-9-23)25-21(33)17(26-19(31)15(24)11-28)10-13-5-7-14(30)8-6-13/h5-8,12,15-18,28-30H,2-4,9-11,23-24H2,1H3,(H,25,33)(H,26,31)(H,27,32)(H,34,35). The molecule has 0 spiro atoms. The van der Waals surface area contributed by atoms with Crippen molar-refractivity contribution >= 4 is 23.7 Å². The fourth-order valence-corrected chi connectivity index (χ4v) is 3.12. The fourth-order valence-electron chi connectivity index (χ4n) is 3.12. The van der Waals surface area contributed by atoms with Gasteiger partial charge in [0.1, 0.15) is 23.9 Å². The van der Waals surface area contributed by atoms with E-state index in [0.29, 0.717) is 24.9 Å². The van der Waals surface area contributed by atoms with Gasteiger partial charge in [-0.05, 0) is 50.4 Å². The topological polar surface area (TPSA) is 237 Å². The minimum absolute atomic E-state index is 0.00354. The van der Waals surface area contributed by atoms with Crippen LogP contribution in [0.15, 0.2) is 24.3 Å². The summed E-state index contributed by atoms with van der Waals surface area (Å²) in [4.78, 5) is 49.5. The highest BCUT2D eigenvalue weighted by Crippen LogP contribution is 2.12. The molecule has 0 aromatic heterocycles. The van der Waals surface area contributed by atoms with E-state index in [9.17, 15) is 34.5 Å². The van der Waals surface area contributed by atoms with Crippen molar-refractivity contribution in [1.82, 2.24) is 16.0 Å². The van der Waals surface area contributed by atoms with Crippen LogP contribution >= 0.6 is 0 Å². The maximum atomic E-state index is 13.1. The van der Waals surface area contributed by atoms with Crippen LogP contribution in [0.1, 0.15) is 31.7 Å². The molecule has 0 aliphatic heterocycles. The van der Waals surface area contributed by atoms with Gasteiger partial charge < -0.3 is 47.8 Å². The van der Waals surface area contributed by atoms with Gasteiger partial charge in [-0.2, -0.15) is 0 Å². The van der Waals surface area contributed by atoms with Crippen molar-refractivity contribution in [2.24, 2.45) is 11.5 Å². The molecule has 196 valence electrons. The zero-order valence-electron chi connectivity index (χ0n) is 19.5. The molecule has 0 bridgehead atoms. The largest absolute Gasteiger partial charge is 0.508 e. The summed E-state index contributed by atoms with van der Waals surface area (Å²) in [5, 5.41) is 44.7. The Bertz CT molecular complexity index is 849. The Kier molecular flexibility index (Phi) is 12.7. The van der Waals surface area contributed by atoms with Gasteiger partial charge in [-0.25, -0.2) is 4.79 Å². The number of nitrogens with two attached hydrogens (primary N) is 2. The monoisotopic (exact) mass is 497 g/mol. The lowest BCUT2D eigenvalue weighted by atomic mass is 10.0. The first kappa shape index (κ1) is 29.8. The lowest BCUT2D eigenvalue weighted by Crippen LogP contribution is -2.58. The number of carbonyl (C=O) groups is 4. The Balaban J connectivity index is 3.10. The number of hydrogen-bond acceptors (Lipinski definition) is 9. The van der Waals surface area contributed by atoms with Crippen molar-refractivity contribution in [1.29, 1.82) is 0 Å². The first-order chi connectivity index (χ1) is 16.5. The molecule has 0 saturated carbocycles. The highest BCUT2D eigenvalue weighted by Gasteiger charge is 2.31. The third-order valence-corrected chi connectivity index (χ3v) is 5.17. The average molecular weight is 498 g/mol. The van der Waals surface area contributed by atoms with Crippen LogP contribution < -0.4 is 27.4 Å². The van der Waals surface area contributed by atoms with E-state index in [0.717, 1.165) is 0 Å². The van der Waals surface area contributed by atoms with E-state index < -0.39 is 60.6 Å². The molecule has 0 aliphatic rings. The Morgan fingerprint density at radius 3 is 2.03 bits per heavy atom. The molecule has 3 amide bonds. The van der Waals surface area contributed by atoms with Crippen LogP contribution in [0.3, 0.4) is 0 Å². The molecule has 0 aliphatic carbocycles. The molecular formula is C22H35N5O8. The molecule has 5 atom stereocenters. The van der Waals surface area contributed by atoms with Gasteiger partial charge in [-0.1, -0.05) is 12.1 Å². The number of amides is 3. The minimum Gasteiger partial charge on any atom is -0.508 e. The summed E-state index contributed by atoms with van der Waals surface area (Å²) in [5.74, 6) is -3.82. The highest BCUT2D eigenvalue weighted by molar-refractivity contribution is 5.94. The second-order valence-corrected chi connectivity index (χ2v) is 8.13. The molecule has 13 heteroatoms. The lowest BCUT2D eigenvalue weighted by Gasteiger charge is -2.26. The van der Waals surface area contributed by atoms with Crippen LogP contribution in [0.2, 0.25) is 0 Å². The summed E-state index contributed by atoms with van der Waals surface area (Å²) < 4.78 is 0. The Hall–Kier alpha value is -3.26. The number of carboxylic acid groups (broad SMARTS) is 1. The number of nitrogens with one attached hydrogen (secondary N) is 3. The fraction of sp³-hybridized carbons (Fsp3) is 0.545. The molecular weight excluding hydrogens is 462 g/mol. The number of carbonyl (C=O) groups excluding carboxylic acids is 3. The zero-order valence-corrected chi connectivity index (χ0v) is 19.5. The third kappa shape index (κ3) is 10.3. The van der Waals surface area contributed by atoms with Crippen LogP contribution in [-0.2, 0) is 25.6 Å². The number of rotatable bonds is 15. The summed E-state index contributed by atoms with van der Waals surface area (Å²) in [6.07, 6.45) is -0.322. The number of unbranched alkanes of at least 4 members (excludes halogenated alkanes) is 1. The van der Waals surface area contributed by atoms with Gasteiger partial charge in [0.25, 0.3) is 0 Å². The van der Waals surface area contributed by atoms with Gasteiger partial charge in [0.05, 0.1) is 12.7 Å². The number of phenolic OH excluding ortho intramolecular Hbond substituents is 1. The van der Waals surface area contributed by atoms with Crippen LogP contribution in [-0.4, -0.2) is 87.5 Å². The average Bonchev–Trinajstić information content (AvgIpc) is 2.81. The second kappa shape index (κ2) is 14.9. The number of aliphatic carboxylic acids is 1. The summed E-state index contributed by atoms with van der Waals surface area (Å²) in [6, 6.07) is 0.621. The van der Waals surface area contributed by atoms with E-state index >= 15 is 0 Å². The van der Waals surface area contributed by atoms with Crippen molar-refractivity contribution < 1.29 is 39.6 Å². The van der Waals surface area contributed by atoms with E-state index in [1.165, 1.54) is 19.1 Å².